The van der Waals surface area contributed by atoms with E-state index in [1.165, 1.54) is 23.5 Å². The summed E-state index contributed by atoms with van der Waals surface area (Å²) < 4.78 is 5.96. The summed E-state index contributed by atoms with van der Waals surface area (Å²) in [5.41, 5.74) is 0.954. The van der Waals surface area contributed by atoms with E-state index in [0.29, 0.717) is 6.17 Å². The third-order valence-corrected chi connectivity index (χ3v) is 4.00. The highest BCUT2D eigenvalue weighted by Crippen LogP contribution is 2.25. The molecular formula is C15H19N3O3+2. The predicted octanol–water partition coefficient (Wildman–Crippen LogP) is 0.335. The molecule has 21 heavy (non-hydrogen) atoms. The Hall–Kier alpha value is -2.18. The molecule has 6 heteroatoms. The van der Waals surface area contributed by atoms with Crippen LogP contribution in [0, 0.1) is 10.1 Å². The fourth-order valence-electron chi connectivity index (χ4n) is 2.80. The molecule has 2 heterocycles. The lowest BCUT2D eigenvalue weighted by molar-refractivity contribution is -1.05. The lowest BCUT2D eigenvalue weighted by atomic mass is 10.1. The van der Waals surface area contributed by atoms with Gasteiger partial charge in [-0.2, -0.15) is 0 Å². The van der Waals surface area contributed by atoms with Crippen LogP contribution in [-0.4, -0.2) is 25.1 Å². The molecule has 1 saturated heterocycles. The first-order chi connectivity index (χ1) is 10.1. The summed E-state index contributed by atoms with van der Waals surface area (Å²) in [6, 6.07) is 10.4. The second kappa shape index (κ2) is 5.67. The number of furan rings is 1. The third-order valence-electron chi connectivity index (χ3n) is 4.00. The summed E-state index contributed by atoms with van der Waals surface area (Å²) in [6.45, 7) is 2.27. The van der Waals surface area contributed by atoms with Crippen LogP contribution in [0.1, 0.15) is 18.3 Å². The van der Waals surface area contributed by atoms with Crippen molar-refractivity contribution in [2.75, 3.05) is 20.1 Å². The monoisotopic (exact) mass is 289 g/mol. The quantitative estimate of drug-likeness (QED) is 0.631. The topological polar surface area (TPSA) is 77.3 Å². The normalized spacial score (nSPS) is 22.1. The van der Waals surface area contributed by atoms with Gasteiger partial charge in [-0.3, -0.25) is 20.3 Å². The van der Waals surface area contributed by atoms with E-state index >= 15 is 0 Å². The Morgan fingerprint density at radius 3 is 2.71 bits per heavy atom. The zero-order valence-electron chi connectivity index (χ0n) is 11.9. The van der Waals surface area contributed by atoms with E-state index in [1.807, 2.05) is 12.1 Å². The first kappa shape index (κ1) is 13.8. The largest absolute Gasteiger partial charge is 0.448 e. The average Bonchev–Trinajstić information content (AvgIpc) is 2.97. The van der Waals surface area contributed by atoms with Crippen LogP contribution in [0.5, 0.6) is 0 Å². The highest BCUT2D eigenvalue weighted by atomic mass is 16.6. The molecule has 0 bridgehead atoms. The fraction of sp³-hybridized carbons (Fsp3) is 0.333. The molecule has 0 amide bonds. The number of non-ortho nitro benzene ring substituents is 1. The number of nitro benzene ring substituents is 1. The van der Waals surface area contributed by atoms with Crippen molar-refractivity contribution in [3.8, 4) is 11.3 Å². The van der Waals surface area contributed by atoms with Crippen molar-refractivity contribution in [3.63, 3.8) is 0 Å². The number of hydrogen-bond acceptors (Lipinski definition) is 3. The van der Waals surface area contributed by atoms with Crippen LogP contribution in [0.3, 0.4) is 0 Å². The SMILES string of the molecule is C[NH+]1CCC[NH2+][C@H]1c1ccc(-c2ccc([N+](=O)[O-])cc2)o1. The molecule has 0 saturated carbocycles. The lowest BCUT2D eigenvalue weighted by Crippen LogP contribution is -3.23. The minimum absolute atomic E-state index is 0.0929. The summed E-state index contributed by atoms with van der Waals surface area (Å²) in [5.74, 6) is 1.72. The first-order valence-corrected chi connectivity index (χ1v) is 7.15. The second-order valence-corrected chi connectivity index (χ2v) is 5.46. The zero-order valence-corrected chi connectivity index (χ0v) is 11.9. The molecule has 1 aromatic carbocycles. The molecule has 1 aliphatic rings. The number of hydrogen-bond donors (Lipinski definition) is 2. The van der Waals surface area contributed by atoms with Crippen molar-refractivity contribution in [2.45, 2.75) is 12.6 Å². The average molecular weight is 289 g/mol. The van der Waals surface area contributed by atoms with Crippen molar-refractivity contribution in [1.82, 2.24) is 0 Å². The van der Waals surface area contributed by atoms with Crippen LogP contribution in [0.15, 0.2) is 40.8 Å². The van der Waals surface area contributed by atoms with Gasteiger partial charge in [0.05, 0.1) is 25.1 Å². The minimum Gasteiger partial charge on any atom is -0.448 e. The van der Waals surface area contributed by atoms with Crippen molar-refractivity contribution in [3.05, 3.63) is 52.3 Å². The van der Waals surface area contributed by atoms with Gasteiger partial charge < -0.3 is 4.42 Å². The molecule has 2 atom stereocenters. The van der Waals surface area contributed by atoms with Crippen LogP contribution >= 0.6 is 0 Å². The van der Waals surface area contributed by atoms with Crippen LogP contribution in [0.25, 0.3) is 11.3 Å². The number of nitrogens with two attached hydrogens (primary N) is 1. The number of nitrogens with zero attached hydrogens (tertiary/aromatic N) is 1. The minimum atomic E-state index is -0.396. The Balaban J connectivity index is 1.82. The van der Waals surface area contributed by atoms with Gasteiger partial charge in [-0.1, -0.05) is 0 Å². The summed E-state index contributed by atoms with van der Waals surface area (Å²) >= 11 is 0. The molecule has 3 rings (SSSR count). The van der Waals surface area contributed by atoms with E-state index in [1.54, 1.807) is 12.1 Å². The molecule has 3 N–H and O–H groups in total. The van der Waals surface area contributed by atoms with Crippen molar-refractivity contribution >= 4 is 5.69 Å². The first-order valence-electron chi connectivity index (χ1n) is 7.15. The Morgan fingerprint density at radius 2 is 2.05 bits per heavy atom. The third kappa shape index (κ3) is 2.81. The van der Waals surface area contributed by atoms with Gasteiger partial charge >= 0.3 is 0 Å². The number of nitro groups is 1. The molecule has 0 spiro atoms. The Kier molecular flexibility index (Phi) is 3.72. The smallest absolute Gasteiger partial charge is 0.271 e. The molecule has 1 fully saturated rings. The van der Waals surface area contributed by atoms with Gasteiger partial charge in [0.2, 0.25) is 5.76 Å². The van der Waals surface area contributed by atoms with E-state index in [2.05, 4.69) is 12.4 Å². The van der Waals surface area contributed by atoms with Gasteiger partial charge in [0, 0.05) is 24.1 Å². The van der Waals surface area contributed by atoms with Gasteiger partial charge in [-0.05, 0) is 24.3 Å². The van der Waals surface area contributed by atoms with Crippen molar-refractivity contribution in [1.29, 1.82) is 0 Å². The Morgan fingerprint density at radius 1 is 1.29 bits per heavy atom. The van der Waals surface area contributed by atoms with Crippen LogP contribution in [0.2, 0.25) is 0 Å². The molecule has 1 aliphatic heterocycles. The van der Waals surface area contributed by atoms with Crippen LogP contribution in [-0.2, 0) is 0 Å². The Bertz CT molecular complexity index is 636. The molecule has 1 aromatic heterocycles. The van der Waals surface area contributed by atoms with E-state index < -0.39 is 4.92 Å². The number of nitrogens with one attached hydrogen (secondary N) is 1. The van der Waals surface area contributed by atoms with Crippen LogP contribution in [0.4, 0.5) is 5.69 Å². The van der Waals surface area contributed by atoms with E-state index in [0.717, 1.165) is 30.2 Å². The van der Waals surface area contributed by atoms with E-state index in [9.17, 15) is 10.1 Å². The summed E-state index contributed by atoms with van der Waals surface area (Å²) in [5, 5.41) is 13.0. The molecule has 6 nitrogen and oxygen atoms in total. The highest BCUT2D eigenvalue weighted by molar-refractivity contribution is 5.59. The second-order valence-electron chi connectivity index (χ2n) is 5.46. The number of rotatable bonds is 3. The maximum atomic E-state index is 10.7. The number of quaternary nitrogens is 2. The van der Waals surface area contributed by atoms with Gasteiger partial charge in [0.25, 0.3) is 11.9 Å². The van der Waals surface area contributed by atoms with Gasteiger partial charge in [0.15, 0.2) is 0 Å². The molecule has 0 aliphatic carbocycles. The number of benzene rings is 1. The predicted molar refractivity (Wildman–Crippen MR) is 76.7 cm³/mol. The fourth-order valence-corrected chi connectivity index (χ4v) is 2.80. The molecule has 110 valence electrons. The summed E-state index contributed by atoms with van der Waals surface area (Å²) in [7, 11) is 2.17. The van der Waals surface area contributed by atoms with Gasteiger partial charge in [-0.15, -0.1) is 0 Å². The molecule has 2 aromatic rings. The summed E-state index contributed by atoms with van der Waals surface area (Å²) in [6.07, 6.45) is 1.52. The Labute approximate surface area is 122 Å². The standard InChI is InChI=1S/C15H17N3O3/c1-17-10-2-9-16-15(17)14-8-7-13(21-14)11-3-5-12(6-4-11)18(19)20/h3-8,15-16H,2,9-10H2,1H3/p+2/t15-/m1/s1. The van der Waals surface area contributed by atoms with E-state index in [-0.39, 0.29) is 5.69 Å². The van der Waals surface area contributed by atoms with Crippen LogP contribution < -0.4 is 10.2 Å². The maximum Gasteiger partial charge on any atom is 0.271 e. The molecular weight excluding hydrogens is 270 g/mol. The molecule has 1 unspecified atom stereocenters. The van der Waals surface area contributed by atoms with Crippen molar-refractivity contribution in [2.24, 2.45) is 0 Å². The molecule has 0 radical (unpaired) electrons. The zero-order chi connectivity index (χ0) is 14.8. The summed E-state index contributed by atoms with van der Waals surface area (Å²) in [4.78, 5) is 11.7. The van der Waals surface area contributed by atoms with Crippen molar-refractivity contribution < 1.29 is 19.6 Å². The highest BCUT2D eigenvalue weighted by Gasteiger charge is 2.30. The van der Waals surface area contributed by atoms with Gasteiger partial charge in [-0.25, -0.2) is 0 Å². The van der Waals surface area contributed by atoms with Gasteiger partial charge in [0.1, 0.15) is 5.76 Å². The maximum absolute atomic E-state index is 10.7. The lowest BCUT2D eigenvalue weighted by Gasteiger charge is -2.25. The van der Waals surface area contributed by atoms with E-state index in [4.69, 9.17) is 4.42 Å².